The standard InChI is InChI=1S/C27H27NO.ClH/c1-29-26-15-9-8-14-23(26)22-16-17-27(20-10-4-2-5-11-20,21-12-6-3-7-13-21)25-19-28-18-24(22)25;/h2-16,24-25,28H,17-19H2,1H3;1H/t24-,25-;/m0./s1. The zero-order valence-corrected chi connectivity index (χ0v) is 18.1. The first-order chi connectivity index (χ1) is 14.3. The van der Waals surface area contributed by atoms with E-state index in [0.29, 0.717) is 11.8 Å². The van der Waals surface area contributed by atoms with Gasteiger partial charge in [-0.3, -0.25) is 0 Å². The van der Waals surface area contributed by atoms with Gasteiger partial charge in [-0.25, -0.2) is 0 Å². The van der Waals surface area contributed by atoms with Crippen molar-refractivity contribution in [2.45, 2.75) is 11.8 Å². The number of methoxy groups -OCH3 is 1. The Morgan fingerprint density at radius 3 is 2.03 bits per heavy atom. The fourth-order valence-corrected chi connectivity index (χ4v) is 5.59. The second-order valence-corrected chi connectivity index (χ2v) is 8.14. The first-order valence-electron chi connectivity index (χ1n) is 10.5. The van der Waals surface area contributed by atoms with Gasteiger partial charge in [0.25, 0.3) is 0 Å². The number of hydrogen-bond acceptors (Lipinski definition) is 2. The quantitative estimate of drug-likeness (QED) is 0.585. The summed E-state index contributed by atoms with van der Waals surface area (Å²) in [4.78, 5) is 0. The highest BCUT2D eigenvalue weighted by atomic mass is 35.5. The van der Waals surface area contributed by atoms with Crippen LogP contribution in [0.25, 0.3) is 5.57 Å². The number of benzene rings is 3. The summed E-state index contributed by atoms with van der Waals surface area (Å²) in [6, 6.07) is 30.6. The maximum absolute atomic E-state index is 5.71. The molecule has 154 valence electrons. The van der Waals surface area contributed by atoms with Crippen molar-refractivity contribution in [3.8, 4) is 5.75 Å². The number of nitrogens with one attached hydrogen (secondary N) is 1. The minimum Gasteiger partial charge on any atom is -0.496 e. The Morgan fingerprint density at radius 2 is 1.40 bits per heavy atom. The SMILES string of the molecule is COc1ccccc1C1=CCC(c2ccccc2)(c2ccccc2)[C@H]2CNC[C@@H]12.Cl. The molecule has 1 saturated heterocycles. The first kappa shape index (κ1) is 20.7. The third-order valence-electron chi connectivity index (χ3n) is 6.89. The molecule has 3 aromatic carbocycles. The van der Waals surface area contributed by atoms with Gasteiger partial charge in [0.1, 0.15) is 5.75 Å². The largest absolute Gasteiger partial charge is 0.496 e. The highest BCUT2D eigenvalue weighted by molar-refractivity contribution is 5.85. The molecule has 1 heterocycles. The van der Waals surface area contributed by atoms with Gasteiger partial charge in [-0.05, 0) is 41.6 Å². The van der Waals surface area contributed by atoms with E-state index < -0.39 is 0 Å². The predicted molar refractivity (Wildman–Crippen MR) is 126 cm³/mol. The van der Waals surface area contributed by atoms with Gasteiger partial charge in [0.05, 0.1) is 7.11 Å². The van der Waals surface area contributed by atoms with Gasteiger partial charge in [0, 0.05) is 23.4 Å². The molecule has 2 atom stereocenters. The Hall–Kier alpha value is -2.55. The molecule has 3 aromatic rings. The number of ether oxygens (including phenoxy) is 1. The van der Waals surface area contributed by atoms with Crippen molar-refractivity contribution >= 4 is 18.0 Å². The smallest absolute Gasteiger partial charge is 0.126 e. The van der Waals surface area contributed by atoms with Crippen molar-refractivity contribution < 1.29 is 4.74 Å². The van der Waals surface area contributed by atoms with E-state index in [1.165, 1.54) is 22.3 Å². The number of fused-ring (bicyclic) bond motifs is 1. The molecular weight excluding hydrogens is 390 g/mol. The monoisotopic (exact) mass is 417 g/mol. The lowest BCUT2D eigenvalue weighted by Gasteiger charge is -2.46. The Labute approximate surface area is 185 Å². The zero-order valence-electron chi connectivity index (χ0n) is 17.3. The molecule has 1 fully saturated rings. The Morgan fingerprint density at radius 1 is 0.800 bits per heavy atom. The maximum Gasteiger partial charge on any atom is 0.126 e. The van der Waals surface area contributed by atoms with E-state index in [1.807, 2.05) is 6.07 Å². The summed E-state index contributed by atoms with van der Waals surface area (Å²) >= 11 is 0. The molecule has 0 saturated carbocycles. The number of rotatable bonds is 4. The van der Waals surface area contributed by atoms with E-state index >= 15 is 0 Å². The van der Waals surface area contributed by atoms with Crippen LogP contribution in [0, 0.1) is 11.8 Å². The van der Waals surface area contributed by atoms with Gasteiger partial charge in [-0.15, -0.1) is 12.4 Å². The number of para-hydroxylation sites is 1. The van der Waals surface area contributed by atoms with Crippen LogP contribution in [0.2, 0.25) is 0 Å². The van der Waals surface area contributed by atoms with Crippen molar-refractivity contribution in [3.63, 3.8) is 0 Å². The van der Waals surface area contributed by atoms with E-state index in [9.17, 15) is 0 Å². The van der Waals surface area contributed by atoms with Crippen LogP contribution >= 0.6 is 12.4 Å². The van der Waals surface area contributed by atoms with E-state index in [2.05, 4.69) is 90.3 Å². The fraction of sp³-hybridized carbons (Fsp3) is 0.259. The summed E-state index contributed by atoms with van der Waals surface area (Å²) in [5, 5.41) is 3.71. The molecule has 2 nitrogen and oxygen atoms in total. The molecule has 2 aliphatic rings. The summed E-state index contributed by atoms with van der Waals surface area (Å²) in [5.41, 5.74) is 5.49. The average Bonchev–Trinajstić information content (AvgIpc) is 3.30. The van der Waals surface area contributed by atoms with Crippen LogP contribution < -0.4 is 10.1 Å². The van der Waals surface area contributed by atoms with E-state index in [0.717, 1.165) is 25.3 Å². The zero-order chi connectivity index (χ0) is 19.7. The number of hydrogen-bond donors (Lipinski definition) is 1. The van der Waals surface area contributed by atoms with Crippen LogP contribution in [-0.4, -0.2) is 20.2 Å². The molecule has 0 radical (unpaired) electrons. The highest BCUT2D eigenvalue weighted by Crippen LogP contribution is 2.54. The fourth-order valence-electron chi connectivity index (χ4n) is 5.59. The van der Waals surface area contributed by atoms with Gasteiger partial charge in [0.2, 0.25) is 0 Å². The van der Waals surface area contributed by atoms with Gasteiger partial charge >= 0.3 is 0 Å². The van der Waals surface area contributed by atoms with Gasteiger partial charge in [-0.1, -0.05) is 84.9 Å². The second-order valence-electron chi connectivity index (χ2n) is 8.14. The van der Waals surface area contributed by atoms with Crippen LogP contribution in [0.5, 0.6) is 5.75 Å². The van der Waals surface area contributed by atoms with Crippen molar-refractivity contribution in [2.24, 2.45) is 11.8 Å². The van der Waals surface area contributed by atoms with Gasteiger partial charge in [0.15, 0.2) is 0 Å². The summed E-state index contributed by atoms with van der Waals surface area (Å²) in [7, 11) is 1.77. The molecule has 1 aliphatic heterocycles. The molecule has 0 aromatic heterocycles. The normalized spacial score (nSPS) is 21.8. The Balaban J connectivity index is 0.00000218. The molecule has 0 unspecified atom stereocenters. The average molecular weight is 418 g/mol. The molecule has 3 heteroatoms. The van der Waals surface area contributed by atoms with Crippen molar-refractivity contribution in [1.29, 1.82) is 0 Å². The van der Waals surface area contributed by atoms with Crippen LogP contribution in [-0.2, 0) is 5.41 Å². The molecule has 0 amide bonds. The third-order valence-corrected chi connectivity index (χ3v) is 6.89. The number of halogens is 1. The summed E-state index contributed by atoms with van der Waals surface area (Å²) in [6.07, 6.45) is 3.48. The summed E-state index contributed by atoms with van der Waals surface area (Å²) in [5.74, 6) is 1.92. The minimum absolute atomic E-state index is 0. The van der Waals surface area contributed by atoms with Crippen LogP contribution in [0.15, 0.2) is 91.0 Å². The topological polar surface area (TPSA) is 21.3 Å². The Bertz CT molecular complexity index is 976. The van der Waals surface area contributed by atoms with Crippen LogP contribution in [0.3, 0.4) is 0 Å². The lowest BCUT2D eigenvalue weighted by atomic mass is 9.56. The summed E-state index contributed by atoms with van der Waals surface area (Å²) < 4.78 is 5.71. The van der Waals surface area contributed by atoms with Gasteiger partial charge < -0.3 is 10.1 Å². The molecule has 5 rings (SSSR count). The van der Waals surface area contributed by atoms with Crippen LogP contribution in [0.4, 0.5) is 0 Å². The molecule has 1 N–H and O–H groups in total. The van der Waals surface area contributed by atoms with Crippen molar-refractivity contribution in [1.82, 2.24) is 5.32 Å². The van der Waals surface area contributed by atoms with Crippen molar-refractivity contribution in [2.75, 3.05) is 20.2 Å². The lowest BCUT2D eigenvalue weighted by Crippen LogP contribution is -2.43. The molecule has 1 aliphatic carbocycles. The minimum atomic E-state index is -0.0117. The molecule has 0 bridgehead atoms. The maximum atomic E-state index is 5.71. The van der Waals surface area contributed by atoms with E-state index in [1.54, 1.807) is 7.11 Å². The summed E-state index contributed by atoms with van der Waals surface area (Å²) in [6.45, 7) is 2.04. The molecule has 0 spiro atoms. The Kier molecular flexibility index (Phi) is 5.99. The highest BCUT2D eigenvalue weighted by Gasteiger charge is 2.50. The van der Waals surface area contributed by atoms with Crippen LogP contribution in [0.1, 0.15) is 23.1 Å². The van der Waals surface area contributed by atoms with Gasteiger partial charge in [-0.2, -0.15) is 0 Å². The van der Waals surface area contributed by atoms with E-state index in [4.69, 9.17) is 4.74 Å². The second kappa shape index (κ2) is 8.67. The first-order valence-corrected chi connectivity index (χ1v) is 10.5. The predicted octanol–water partition coefficient (Wildman–Crippen LogP) is 5.73. The van der Waals surface area contributed by atoms with E-state index in [-0.39, 0.29) is 17.8 Å². The van der Waals surface area contributed by atoms with Crippen molar-refractivity contribution in [3.05, 3.63) is 108 Å². The molecule has 30 heavy (non-hydrogen) atoms. The third kappa shape index (κ3) is 3.25. The lowest BCUT2D eigenvalue weighted by molar-refractivity contribution is 0.295. The number of allylic oxidation sites excluding steroid dienone is 1. The molecular formula is C27H28ClNO.